The number of nitrogens with zero attached hydrogens (tertiary/aromatic N) is 2. The molecule has 3 nitrogen and oxygen atoms in total. The quantitative estimate of drug-likeness (QED) is 0.779. The van der Waals surface area contributed by atoms with Gasteiger partial charge in [-0.2, -0.15) is 11.8 Å². The van der Waals surface area contributed by atoms with Gasteiger partial charge in [0, 0.05) is 24.2 Å². The van der Waals surface area contributed by atoms with Gasteiger partial charge in [-0.3, -0.25) is 0 Å². The average Bonchev–Trinajstić information content (AvgIpc) is 3.01. The Kier molecular flexibility index (Phi) is 2.29. The molecule has 1 atom stereocenters. The van der Waals surface area contributed by atoms with Crippen molar-refractivity contribution in [3.63, 3.8) is 0 Å². The number of rotatable bonds is 2. The summed E-state index contributed by atoms with van der Waals surface area (Å²) < 4.78 is 7.62. The summed E-state index contributed by atoms with van der Waals surface area (Å²) in [5.74, 6) is 4.24. The molecule has 2 aromatic rings. The van der Waals surface area contributed by atoms with Gasteiger partial charge in [-0.1, -0.05) is 0 Å². The number of hydrogen-bond acceptors (Lipinski definition) is 3. The van der Waals surface area contributed by atoms with Crippen LogP contribution in [0, 0.1) is 0 Å². The molecular formula is C11H12N2OS. The molecule has 15 heavy (non-hydrogen) atoms. The van der Waals surface area contributed by atoms with E-state index in [-0.39, 0.29) is 0 Å². The minimum absolute atomic E-state index is 0.581. The number of thioether (sulfide) groups is 1. The van der Waals surface area contributed by atoms with Crippen LogP contribution in [0.5, 0.6) is 0 Å². The number of imidazole rings is 1. The molecule has 0 amide bonds. The van der Waals surface area contributed by atoms with Gasteiger partial charge in [0.1, 0.15) is 0 Å². The summed E-state index contributed by atoms with van der Waals surface area (Å²) in [6, 6.07) is 4.44. The van der Waals surface area contributed by atoms with Gasteiger partial charge in [0.15, 0.2) is 11.6 Å². The Labute approximate surface area is 92.5 Å². The topological polar surface area (TPSA) is 31.0 Å². The molecule has 0 radical (unpaired) electrons. The zero-order chi connectivity index (χ0) is 10.1. The van der Waals surface area contributed by atoms with Gasteiger partial charge in [0.25, 0.3) is 0 Å². The van der Waals surface area contributed by atoms with E-state index < -0.39 is 0 Å². The van der Waals surface area contributed by atoms with Crippen molar-refractivity contribution in [2.24, 2.45) is 0 Å². The highest BCUT2D eigenvalue weighted by molar-refractivity contribution is 7.99. The molecule has 0 bridgehead atoms. The van der Waals surface area contributed by atoms with E-state index in [1.165, 1.54) is 17.9 Å². The maximum atomic E-state index is 5.39. The zero-order valence-corrected chi connectivity index (χ0v) is 9.11. The molecule has 2 aromatic heterocycles. The largest absolute Gasteiger partial charge is 0.461 e. The summed E-state index contributed by atoms with van der Waals surface area (Å²) >= 11 is 2.01. The van der Waals surface area contributed by atoms with E-state index in [1.807, 2.05) is 30.1 Å². The maximum Gasteiger partial charge on any atom is 0.176 e. The van der Waals surface area contributed by atoms with Crippen molar-refractivity contribution < 1.29 is 4.42 Å². The van der Waals surface area contributed by atoms with Crippen LogP contribution in [0.3, 0.4) is 0 Å². The SMILES string of the molecule is c1coc(-c2nccn2C2CCSC2)c1. The van der Waals surface area contributed by atoms with E-state index in [0.717, 1.165) is 11.6 Å². The van der Waals surface area contributed by atoms with Crippen molar-refractivity contribution in [3.05, 3.63) is 30.8 Å². The molecule has 1 aliphatic heterocycles. The average molecular weight is 220 g/mol. The molecule has 3 heterocycles. The Hall–Kier alpha value is -1.16. The van der Waals surface area contributed by atoms with Crippen LogP contribution in [0.1, 0.15) is 12.5 Å². The molecular weight excluding hydrogens is 208 g/mol. The van der Waals surface area contributed by atoms with Gasteiger partial charge < -0.3 is 8.98 Å². The first-order chi connectivity index (χ1) is 7.45. The van der Waals surface area contributed by atoms with Gasteiger partial charge in [-0.05, 0) is 24.3 Å². The first-order valence-electron chi connectivity index (χ1n) is 5.09. The second kappa shape index (κ2) is 3.77. The van der Waals surface area contributed by atoms with E-state index in [2.05, 4.69) is 15.7 Å². The summed E-state index contributed by atoms with van der Waals surface area (Å²) in [6.45, 7) is 0. The zero-order valence-electron chi connectivity index (χ0n) is 8.30. The minimum atomic E-state index is 0.581. The van der Waals surface area contributed by atoms with E-state index >= 15 is 0 Å². The van der Waals surface area contributed by atoms with E-state index in [0.29, 0.717) is 6.04 Å². The smallest absolute Gasteiger partial charge is 0.176 e. The van der Waals surface area contributed by atoms with Crippen LogP contribution in [-0.4, -0.2) is 21.1 Å². The van der Waals surface area contributed by atoms with Crippen LogP contribution in [0.4, 0.5) is 0 Å². The Morgan fingerprint density at radius 2 is 2.53 bits per heavy atom. The van der Waals surface area contributed by atoms with Gasteiger partial charge in [-0.15, -0.1) is 0 Å². The molecule has 78 valence electrons. The van der Waals surface area contributed by atoms with Crippen LogP contribution in [0.15, 0.2) is 35.2 Å². The molecule has 0 aliphatic carbocycles. The Morgan fingerprint density at radius 3 is 3.27 bits per heavy atom. The Bertz CT molecular complexity index is 429. The fraction of sp³-hybridized carbons (Fsp3) is 0.364. The summed E-state index contributed by atoms with van der Waals surface area (Å²) in [7, 11) is 0. The molecule has 0 saturated carbocycles. The third-order valence-corrected chi connectivity index (χ3v) is 3.85. The fourth-order valence-electron chi connectivity index (χ4n) is 1.95. The highest BCUT2D eigenvalue weighted by atomic mass is 32.2. The van der Waals surface area contributed by atoms with E-state index in [9.17, 15) is 0 Å². The van der Waals surface area contributed by atoms with Crippen molar-refractivity contribution in [2.45, 2.75) is 12.5 Å². The lowest BCUT2D eigenvalue weighted by molar-refractivity contribution is 0.535. The molecule has 1 fully saturated rings. The molecule has 3 rings (SSSR count). The van der Waals surface area contributed by atoms with E-state index in [1.54, 1.807) is 6.26 Å². The van der Waals surface area contributed by atoms with Crippen LogP contribution in [-0.2, 0) is 0 Å². The maximum absolute atomic E-state index is 5.39. The normalized spacial score (nSPS) is 20.9. The minimum Gasteiger partial charge on any atom is -0.461 e. The van der Waals surface area contributed by atoms with E-state index in [4.69, 9.17) is 4.42 Å². The predicted molar refractivity (Wildman–Crippen MR) is 60.9 cm³/mol. The standard InChI is InChI=1S/C11H12N2OS/c1-2-10(14-6-1)11-12-4-5-13(11)9-3-7-15-8-9/h1-2,4-6,9H,3,7-8H2. The molecule has 0 aromatic carbocycles. The van der Waals surface area contributed by atoms with Gasteiger partial charge in [0.2, 0.25) is 0 Å². The highest BCUT2D eigenvalue weighted by Gasteiger charge is 2.20. The first kappa shape index (κ1) is 9.09. The molecule has 0 N–H and O–H groups in total. The molecule has 1 aliphatic rings. The van der Waals surface area contributed by atoms with Crippen molar-refractivity contribution in [2.75, 3.05) is 11.5 Å². The lowest BCUT2D eigenvalue weighted by Crippen LogP contribution is -2.07. The summed E-state index contributed by atoms with van der Waals surface area (Å²) in [6.07, 6.45) is 6.82. The Balaban J connectivity index is 1.98. The molecule has 1 unspecified atom stereocenters. The van der Waals surface area contributed by atoms with Gasteiger partial charge in [0.05, 0.1) is 6.26 Å². The molecule has 4 heteroatoms. The first-order valence-corrected chi connectivity index (χ1v) is 6.25. The van der Waals surface area contributed by atoms with Crippen molar-refractivity contribution in [1.29, 1.82) is 0 Å². The van der Waals surface area contributed by atoms with Crippen LogP contribution >= 0.6 is 11.8 Å². The second-order valence-corrected chi connectivity index (χ2v) is 4.80. The predicted octanol–water partition coefficient (Wildman–Crippen LogP) is 2.82. The summed E-state index contributed by atoms with van der Waals surface area (Å²) in [4.78, 5) is 4.36. The van der Waals surface area contributed by atoms with Gasteiger partial charge in [-0.25, -0.2) is 4.98 Å². The molecule has 0 spiro atoms. The van der Waals surface area contributed by atoms with Crippen LogP contribution in [0.2, 0.25) is 0 Å². The molecule has 1 saturated heterocycles. The monoisotopic (exact) mass is 220 g/mol. The Morgan fingerprint density at radius 1 is 1.53 bits per heavy atom. The number of hydrogen-bond donors (Lipinski definition) is 0. The number of aromatic nitrogens is 2. The lowest BCUT2D eigenvalue weighted by atomic mass is 10.2. The fourth-order valence-corrected chi connectivity index (χ4v) is 3.15. The van der Waals surface area contributed by atoms with Crippen LogP contribution < -0.4 is 0 Å². The van der Waals surface area contributed by atoms with Crippen molar-refractivity contribution in [1.82, 2.24) is 9.55 Å². The van der Waals surface area contributed by atoms with Gasteiger partial charge >= 0.3 is 0 Å². The van der Waals surface area contributed by atoms with Crippen molar-refractivity contribution in [3.8, 4) is 11.6 Å². The summed E-state index contributed by atoms with van der Waals surface area (Å²) in [5, 5.41) is 0. The lowest BCUT2D eigenvalue weighted by Gasteiger charge is -2.12. The van der Waals surface area contributed by atoms with Crippen molar-refractivity contribution >= 4 is 11.8 Å². The van der Waals surface area contributed by atoms with Crippen LogP contribution in [0.25, 0.3) is 11.6 Å². The third-order valence-electron chi connectivity index (χ3n) is 2.71. The number of furan rings is 1. The third kappa shape index (κ3) is 1.59. The summed E-state index contributed by atoms with van der Waals surface area (Å²) in [5.41, 5.74) is 0. The highest BCUT2D eigenvalue weighted by Crippen LogP contribution is 2.31. The second-order valence-electron chi connectivity index (χ2n) is 3.65.